The first-order valence-electron chi connectivity index (χ1n) is 8.92. The van der Waals surface area contributed by atoms with Gasteiger partial charge in [-0.1, -0.05) is 0 Å². The summed E-state index contributed by atoms with van der Waals surface area (Å²) in [5.41, 5.74) is 1.68. The zero-order valence-electron chi connectivity index (χ0n) is 15.2. The Morgan fingerprint density at radius 3 is 2.61 bits per heavy atom. The van der Waals surface area contributed by atoms with Crippen molar-refractivity contribution < 1.29 is 23.0 Å². The third-order valence-corrected chi connectivity index (χ3v) is 5.63. The maximum Gasteiger partial charge on any atom is 0.389 e. The number of thiocarbonyl (C=S) groups is 1. The van der Waals surface area contributed by atoms with Gasteiger partial charge >= 0.3 is 12.6 Å². The number of nitrogens with one attached hydrogen (secondary N) is 2. The number of ether oxygens (including phenoxy) is 2. The number of thiophene rings is 1. The van der Waals surface area contributed by atoms with Gasteiger partial charge in [0.05, 0.1) is 12.2 Å². The maximum atomic E-state index is 12.6. The highest BCUT2D eigenvalue weighted by Crippen LogP contribution is 2.39. The zero-order chi connectivity index (χ0) is 20.1. The smallest absolute Gasteiger partial charge is 0.389 e. The average Bonchev–Trinajstić information content (AvgIpc) is 3.00. The molecule has 0 atom stereocenters. The van der Waals surface area contributed by atoms with Gasteiger partial charge in [0.2, 0.25) is 0 Å². The number of rotatable bonds is 6. The number of alkyl halides is 2. The minimum absolute atomic E-state index is 0.163. The van der Waals surface area contributed by atoms with Crippen LogP contribution in [-0.2, 0) is 17.6 Å². The summed E-state index contributed by atoms with van der Waals surface area (Å²) in [6.45, 7) is -0.677. The van der Waals surface area contributed by atoms with E-state index < -0.39 is 12.6 Å². The van der Waals surface area contributed by atoms with Crippen molar-refractivity contribution in [2.45, 2.75) is 39.2 Å². The molecule has 0 aliphatic heterocycles. The van der Waals surface area contributed by atoms with Gasteiger partial charge in [-0.15, -0.1) is 11.3 Å². The van der Waals surface area contributed by atoms with Crippen molar-refractivity contribution >= 4 is 45.3 Å². The molecule has 28 heavy (non-hydrogen) atoms. The summed E-state index contributed by atoms with van der Waals surface area (Å²) >= 11 is 6.69. The minimum Gasteiger partial charge on any atom is -0.494 e. The van der Waals surface area contributed by atoms with Crippen LogP contribution in [0, 0.1) is 0 Å². The second kappa shape index (κ2) is 9.29. The summed E-state index contributed by atoms with van der Waals surface area (Å²) in [5, 5.41) is 6.68. The number of halogens is 2. The first kappa shape index (κ1) is 20.5. The fourth-order valence-corrected chi connectivity index (χ4v) is 4.64. The molecular formula is C19H20F2N2O3S2. The lowest BCUT2D eigenvalue weighted by atomic mass is 9.95. The maximum absolute atomic E-state index is 12.6. The Bertz CT molecular complexity index is 854. The molecule has 1 aromatic carbocycles. The van der Waals surface area contributed by atoms with Gasteiger partial charge in [-0.2, -0.15) is 8.78 Å². The van der Waals surface area contributed by atoms with Crippen LogP contribution in [-0.4, -0.2) is 24.3 Å². The molecule has 0 unspecified atom stereocenters. The molecule has 3 rings (SSSR count). The lowest BCUT2D eigenvalue weighted by molar-refractivity contribution is -0.0905. The van der Waals surface area contributed by atoms with E-state index in [4.69, 9.17) is 17.0 Å². The molecule has 0 amide bonds. The number of carbonyl (C=O) groups is 1. The summed E-state index contributed by atoms with van der Waals surface area (Å²) in [6.07, 6.45) is 3.40. The quantitative estimate of drug-likeness (QED) is 0.488. The van der Waals surface area contributed by atoms with Crippen molar-refractivity contribution in [3.05, 3.63) is 40.3 Å². The SMILES string of the molecule is CCOc1ccc(NC(=S)Nc2sc3c(c2C(=O)OC(F)F)CCCC3)cc1. The number of carbonyl (C=O) groups excluding carboxylic acids is 1. The van der Waals surface area contributed by atoms with Gasteiger partial charge in [0.25, 0.3) is 0 Å². The van der Waals surface area contributed by atoms with E-state index in [1.807, 2.05) is 31.2 Å². The lowest BCUT2D eigenvalue weighted by Gasteiger charge is -2.13. The van der Waals surface area contributed by atoms with Crippen LogP contribution in [0.1, 0.15) is 40.6 Å². The molecule has 0 fully saturated rings. The number of esters is 1. The van der Waals surface area contributed by atoms with Crippen LogP contribution >= 0.6 is 23.6 Å². The van der Waals surface area contributed by atoms with Gasteiger partial charge in [-0.3, -0.25) is 0 Å². The Kier molecular flexibility index (Phi) is 6.79. The highest BCUT2D eigenvalue weighted by molar-refractivity contribution is 7.80. The number of benzene rings is 1. The summed E-state index contributed by atoms with van der Waals surface area (Å²) < 4.78 is 34.7. The molecule has 1 aliphatic rings. The average molecular weight is 427 g/mol. The van der Waals surface area contributed by atoms with Gasteiger partial charge in [-0.05, 0) is 74.7 Å². The van der Waals surface area contributed by atoms with Gasteiger partial charge in [0, 0.05) is 10.6 Å². The lowest BCUT2D eigenvalue weighted by Crippen LogP contribution is -2.21. The molecule has 0 saturated carbocycles. The van der Waals surface area contributed by atoms with Crippen LogP contribution in [0.2, 0.25) is 0 Å². The Morgan fingerprint density at radius 1 is 1.21 bits per heavy atom. The topological polar surface area (TPSA) is 59.6 Å². The second-order valence-corrected chi connectivity index (χ2v) is 7.63. The predicted molar refractivity (Wildman–Crippen MR) is 110 cm³/mol. The fourth-order valence-electron chi connectivity index (χ4n) is 3.08. The van der Waals surface area contributed by atoms with Crippen LogP contribution in [0.25, 0.3) is 0 Å². The van der Waals surface area contributed by atoms with E-state index in [1.54, 1.807) is 0 Å². The third-order valence-electron chi connectivity index (χ3n) is 4.22. The molecule has 1 heterocycles. The first-order chi connectivity index (χ1) is 13.5. The molecule has 1 aliphatic carbocycles. The van der Waals surface area contributed by atoms with E-state index in [2.05, 4.69) is 15.4 Å². The number of hydrogen-bond donors (Lipinski definition) is 2. The second-order valence-electron chi connectivity index (χ2n) is 6.12. The largest absolute Gasteiger partial charge is 0.494 e. The molecule has 2 N–H and O–H groups in total. The Morgan fingerprint density at radius 2 is 1.93 bits per heavy atom. The molecule has 150 valence electrons. The summed E-state index contributed by atoms with van der Waals surface area (Å²) in [7, 11) is 0. The van der Waals surface area contributed by atoms with Gasteiger partial charge in [0.1, 0.15) is 10.8 Å². The monoisotopic (exact) mass is 426 g/mol. The van der Waals surface area contributed by atoms with Crippen molar-refractivity contribution in [2.75, 3.05) is 17.2 Å². The van der Waals surface area contributed by atoms with Gasteiger partial charge in [-0.25, -0.2) is 4.79 Å². The molecule has 9 heteroatoms. The van der Waals surface area contributed by atoms with E-state index >= 15 is 0 Å². The molecule has 0 bridgehead atoms. The summed E-state index contributed by atoms with van der Waals surface area (Å²) in [6, 6.07) is 7.24. The van der Waals surface area contributed by atoms with Crippen molar-refractivity contribution in [2.24, 2.45) is 0 Å². The number of anilines is 2. The van der Waals surface area contributed by atoms with Crippen LogP contribution < -0.4 is 15.4 Å². The predicted octanol–water partition coefficient (Wildman–Crippen LogP) is 5.21. The van der Waals surface area contributed by atoms with E-state index in [1.165, 1.54) is 11.3 Å². The standard InChI is InChI=1S/C19H20F2N2O3S2/c1-2-25-12-9-7-11(8-10-12)22-19(27)23-16-15(17(24)26-18(20)21)13-5-3-4-6-14(13)28-16/h7-10,18H,2-6H2,1H3,(H2,22,23,27). The highest BCUT2D eigenvalue weighted by atomic mass is 32.1. The van der Waals surface area contributed by atoms with Crippen LogP contribution in [0.4, 0.5) is 19.5 Å². The van der Waals surface area contributed by atoms with Crippen molar-refractivity contribution in [3.63, 3.8) is 0 Å². The zero-order valence-corrected chi connectivity index (χ0v) is 16.9. The third kappa shape index (κ3) is 4.96. The number of aryl methyl sites for hydroxylation is 1. The fraction of sp³-hybridized carbons (Fsp3) is 0.368. The minimum atomic E-state index is -3.16. The Labute approximate surface area is 171 Å². The van der Waals surface area contributed by atoms with Crippen LogP contribution in [0.5, 0.6) is 5.75 Å². The van der Waals surface area contributed by atoms with Crippen LogP contribution in [0.15, 0.2) is 24.3 Å². The van der Waals surface area contributed by atoms with E-state index in [9.17, 15) is 13.6 Å². The Balaban J connectivity index is 1.76. The molecule has 1 aromatic heterocycles. The van der Waals surface area contributed by atoms with Crippen LogP contribution in [0.3, 0.4) is 0 Å². The van der Waals surface area contributed by atoms with E-state index in [-0.39, 0.29) is 10.7 Å². The van der Waals surface area contributed by atoms with Crippen molar-refractivity contribution in [1.82, 2.24) is 0 Å². The molecule has 5 nitrogen and oxygen atoms in total. The Hall–Kier alpha value is -2.26. The molecule has 2 aromatic rings. The number of fused-ring (bicyclic) bond motifs is 1. The number of hydrogen-bond acceptors (Lipinski definition) is 5. The molecule has 0 spiro atoms. The molecular weight excluding hydrogens is 406 g/mol. The van der Waals surface area contributed by atoms with E-state index in [0.29, 0.717) is 18.0 Å². The normalized spacial score (nSPS) is 13.0. The summed E-state index contributed by atoms with van der Waals surface area (Å²) in [5.74, 6) is -0.282. The summed E-state index contributed by atoms with van der Waals surface area (Å²) in [4.78, 5) is 13.2. The van der Waals surface area contributed by atoms with Gasteiger partial charge in [0.15, 0.2) is 5.11 Å². The molecule has 0 radical (unpaired) electrons. The first-order valence-corrected chi connectivity index (χ1v) is 10.1. The van der Waals surface area contributed by atoms with Gasteiger partial charge < -0.3 is 20.1 Å². The van der Waals surface area contributed by atoms with Crippen molar-refractivity contribution in [1.29, 1.82) is 0 Å². The van der Waals surface area contributed by atoms with Crippen molar-refractivity contribution in [3.8, 4) is 5.75 Å². The molecule has 0 saturated heterocycles. The highest BCUT2D eigenvalue weighted by Gasteiger charge is 2.28. The van der Waals surface area contributed by atoms with E-state index in [0.717, 1.165) is 41.1 Å².